The first-order valence-corrected chi connectivity index (χ1v) is 8.66. The van der Waals surface area contributed by atoms with Crippen molar-refractivity contribution in [3.63, 3.8) is 0 Å². The van der Waals surface area contributed by atoms with Gasteiger partial charge in [0.1, 0.15) is 0 Å². The highest BCUT2D eigenvalue weighted by atomic mass is 14.2. The van der Waals surface area contributed by atoms with E-state index in [9.17, 15) is 0 Å². The van der Waals surface area contributed by atoms with Crippen LogP contribution < -0.4 is 0 Å². The third-order valence-electron chi connectivity index (χ3n) is 5.19. The Morgan fingerprint density at radius 1 is 0.636 bits per heavy atom. The van der Waals surface area contributed by atoms with Crippen molar-refractivity contribution < 1.29 is 0 Å². The van der Waals surface area contributed by atoms with Crippen molar-refractivity contribution in [3.05, 3.63) is 52.1 Å². The van der Waals surface area contributed by atoms with Gasteiger partial charge < -0.3 is 0 Å². The van der Waals surface area contributed by atoms with Gasteiger partial charge in [-0.15, -0.1) is 6.58 Å². The largest absolute Gasteiger partial charge is 0.100 e. The van der Waals surface area contributed by atoms with Crippen molar-refractivity contribution >= 4 is 5.57 Å². The van der Waals surface area contributed by atoms with Crippen LogP contribution in [0, 0.1) is 34.6 Å². The number of rotatable bonds is 8. The van der Waals surface area contributed by atoms with Crippen LogP contribution in [0.5, 0.6) is 0 Å². The molecule has 0 atom stereocenters. The quantitative estimate of drug-likeness (QED) is 0.353. The minimum absolute atomic E-state index is 1.12. The molecule has 0 heterocycles. The van der Waals surface area contributed by atoms with E-state index in [0.29, 0.717) is 0 Å². The van der Waals surface area contributed by atoms with E-state index in [1.807, 2.05) is 0 Å². The van der Waals surface area contributed by atoms with Crippen molar-refractivity contribution in [1.82, 2.24) is 0 Å². The average Bonchev–Trinajstić information content (AvgIpc) is 2.46. The van der Waals surface area contributed by atoms with Gasteiger partial charge in [0.15, 0.2) is 0 Å². The Hall–Kier alpha value is -1.30. The molecule has 0 N–H and O–H groups in total. The zero-order valence-electron chi connectivity index (χ0n) is 15.7. The highest BCUT2D eigenvalue weighted by Crippen LogP contribution is 2.32. The fourth-order valence-electron chi connectivity index (χ4n) is 3.27. The third-order valence-corrected chi connectivity index (χ3v) is 5.19. The van der Waals surface area contributed by atoms with Crippen LogP contribution >= 0.6 is 0 Å². The first-order chi connectivity index (χ1) is 10.3. The summed E-state index contributed by atoms with van der Waals surface area (Å²) in [6.07, 6.45) is 7.44. The molecule has 0 aliphatic carbocycles. The number of unbranched alkanes of at least 4 members (excludes halogenated alkanes) is 3. The van der Waals surface area contributed by atoms with Gasteiger partial charge in [-0.3, -0.25) is 0 Å². The van der Waals surface area contributed by atoms with E-state index in [1.165, 1.54) is 76.6 Å². The highest BCUT2D eigenvalue weighted by Gasteiger charge is 2.14. The van der Waals surface area contributed by atoms with Crippen molar-refractivity contribution in [1.29, 1.82) is 0 Å². The van der Waals surface area contributed by atoms with E-state index in [1.54, 1.807) is 0 Å². The Balaban J connectivity index is 2.65. The molecule has 22 heavy (non-hydrogen) atoms. The molecular formula is C22H34. The van der Waals surface area contributed by atoms with Gasteiger partial charge in [0.2, 0.25) is 0 Å². The molecule has 0 saturated heterocycles. The second-order valence-corrected chi connectivity index (χ2v) is 6.97. The number of allylic oxidation sites excluding steroid dienone is 2. The van der Waals surface area contributed by atoms with Crippen LogP contribution in [0.4, 0.5) is 0 Å². The van der Waals surface area contributed by atoms with Crippen LogP contribution in [0.1, 0.15) is 78.8 Å². The van der Waals surface area contributed by atoms with Gasteiger partial charge >= 0.3 is 0 Å². The maximum Gasteiger partial charge on any atom is -0.0166 e. The summed E-state index contributed by atoms with van der Waals surface area (Å²) in [6, 6.07) is 0. The predicted molar refractivity (Wildman–Crippen MR) is 102 cm³/mol. The molecule has 0 saturated carbocycles. The van der Waals surface area contributed by atoms with Gasteiger partial charge in [-0.25, -0.2) is 0 Å². The van der Waals surface area contributed by atoms with E-state index in [4.69, 9.17) is 0 Å². The Bertz CT molecular complexity index is 529. The molecule has 0 aliphatic rings. The molecule has 0 nitrogen and oxygen atoms in total. The monoisotopic (exact) mass is 298 g/mol. The van der Waals surface area contributed by atoms with E-state index >= 15 is 0 Å². The fourth-order valence-corrected chi connectivity index (χ4v) is 3.27. The average molecular weight is 299 g/mol. The molecule has 1 aromatic carbocycles. The molecular weight excluding hydrogens is 264 g/mol. The van der Waals surface area contributed by atoms with Crippen LogP contribution in [-0.4, -0.2) is 0 Å². The van der Waals surface area contributed by atoms with Crippen molar-refractivity contribution in [2.24, 2.45) is 0 Å². The highest BCUT2D eigenvalue weighted by molar-refractivity contribution is 5.72. The SMILES string of the molecule is C=C(C)CCCCCCC(=C)c1c(C)c(C)c(C)c(C)c1C. The number of hydrogen-bond donors (Lipinski definition) is 0. The molecule has 1 rings (SSSR count). The Kier molecular flexibility index (Phi) is 7.13. The summed E-state index contributed by atoms with van der Waals surface area (Å²) in [5.74, 6) is 0. The summed E-state index contributed by atoms with van der Waals surface area (Å²) in [6.45, 7) is 21.7. The third kappa shape index (κ3) is 4.60. The van der Waals surface area contributed by atoms with Gasteiger partial charge in [-0.1, -0.05) is 25.0 Å². The smallest absolute Gasteiger partial charge is 0.0166 e. The Labute approximate surface area is 138 Å². The van der Waals surface area contributed by atoms with E-state index in [0.717, 1.165) is 6.42 Å². The molecule has 1 aromatic rings. The molecule has 0 spiro atoms. The van der Waals surface area contributed by atoms with Gasteiger partial charge in [-0.05, 0) is 106 Å². The summed E-state index contributed by atoms with van der Waals surface area (Å²) < 4.78 is 0. The maximum absolute atomic E-state index is 4.39. The molecule has 0 fully saturated rings. The lowest BCUT2D eigenvalue weighted by Crippen LogP contribution is -2.02. The number of benzene rings is 1. The van der Waals surface area contributed by atoms with Crippen molar-refractivity contribution in [3.8, 4) is 0 Å². The van der Waals surface area contributed by atoms with E-state index in [-0.39, 0.29) is 0 Å². The van der Waals surface area contributed by atoms with Crippen LogP contribution in [0.2, 0.25) is 0 Å². The van der Waals surface area contributed by atoms with Crippen molar-refractivity contribution in [2.75, 3.05) is 0 Å². The molecule has 0 aliphatic heterocycles. The second kappa shape index (κ2) is 8.36. The summed E-state index contributed by atoms with van der Waals surface area (Å²) in [7, 11) is 0. The van der Waals surface area contributed by atoms with Crippen LogP contribution in [0.25, 0.3) is 5.57 Å². The standard InChI is InChI=1S/C22H34/c1-15(2)13-11-9-10-12-14-16(3)22-20(7)18(5)17(4)19(6)21(22)8/h1,3,9-14H2,2,4-8H3. The fraction of sp³-hybridized carbons (Fsp3) is 0.545. The molecule has 0 radical (unpaired) electrons. The molecule has 0 aromatic heterocycles. The number of hydrogen-bond acceptors (Lipinski definition) is 0. The van der Waals surface area contributed by atoms with E-state index < -0.39 is 0 Å². The van der Waals surface area contributed by atoms with Gasteiger partial charge in [0.05, 0.1) is 0 Å². The first kappa shape index (κ1) is 18.7. The lowest BCUT2D eigenvalue weighted by molar-refractivity contribution is 0.648. The van der Waals surface area contributed by atoms with Crippen LogP contribution in [0.3, 0.4) is 0 Å². The van der Waals surface area contributed by atoms with Gasteiger partial charge in [0, 0.05) is 0 Å². The summed E-state index contributed by atoms with van der Waals surface area (Å²) >= 11 is 0. The van der Waals surface area contributed by atoms with E-state index in [2.05, 4.69) is 54.7 Å². The van der Waals surface area contributed by atoms with Gasteiger partial charge in [-0.2, -0.15) is 0 Å². The molecule has 0 unspecified atom stereocenters. The Morgan fingerprint density at radius 3 is 1.50 bits per heavy atom. The first-order valence-electron chi connectivity index (χ1n) is 8.66. The topological polar surface area (TPSA) is 0 Å². The van der Waals surface area contributed by atoms with Crippen LogP contribution in [-0.2, 0) is 0 Å². The Morgan fingerprint density at radius 2 is 1.05 bits per heavy atom. The van der Waals surface area contributed by atoms with Crippen LogP contribution in [0.15, 0.2) is 18.7 Å². The van der Waals surface area contributed by atoms with Gasteiger partial charge in [0.25, 0.3) is 0 Å². The maximum atomic E-state index is 4.39. The lowest BCUT2D eigenvalue weighted by Gasteiger charge is -2.20. The molecule has 0 bridgehead atoms. The minimum Gasteiger partial charge on any atom is -0.100 e. The minimum atomic E-state index is 1.12. The molecule has 0 heteroatoms. The second-order valence-electron chi connectivity index (χ2n) is 6.97. The zero-order valence-corrected chi connectivity index (χ0v) is 15.7. The zero-order chi connectivity index (χ0) is 16.9. The predicted octanol–water partition coefficient (Wildman–Crippen LogP) is 7.16. The molecule has 122 valence electrons. The lowest BCUT2D eigenvalue weighted by atomic mass is 9.85. The molecule has 0 amide bonds. The summed E-state index contributed by atoms with van der Waals surface area (Å²) in [4.78, 5) is 0. The summed E-state index contributed by atoms with van der Waals surface area (Å²) in [5, 5.41) is 0. The summed E-state index contributed by atoms with van der Waals surface area (Å²) in [5.41, 5.74) is 11.2. The van der Waals surface area contributed by atoms with Crippen molar-refractivity contribution in [2.45, 2.75) is 80.1 Å². The normalized spacial score (nSPS) is 10.8.